The first-order chi connectivity index (χ1) is 16.0. The van der Waals surface area contributed by atoms with Crippen LogP contribution in [0.4, 0.5) is 5.69 Å². The number of anilines is 1. The third-order valence-corrected chi connectivity index (χ3v) is 5.50. The maximum atomic E-state index is 13.1. The summed E-state index contributed by atoms with van der Waals surface area (Å²) in [4.78, 5) is 25.5. The second-order valence-electron chi connectivity index (χ2n) is 7.66. The van der Waals surface area contributed by atoms with E-state index in [1.165, 1.54) is 0 Å². The Morgan fingerprint density at radius 1 is 0.879 bits per heavy atom. The lowest BCUT2D eigenvalue weighted by molar-refractivity contribution is -0.123. The molecule has 0 atom stereocenters. The molecule has 0 aromatic heterocycles. The Balaban J connectivity index is 1.50. The van der Waals surface area contributed by atoms with Crippen LogP contribution >= 0.6 is 11.6 Å². The van der Waals surface area contributed by atoms with E-state index in [1.807, 2.05) is 67.6 Å². The molecule has 4 rings (SSSR count). The van der Waals surface area contributed by atoms with Crippen molar-refractivity contribution >= 4 is 39.9 Å². The number of rotatable bonds is 7. The van der Waals surface area contributed by atoms with Crippen LogP contribution in [-0.2, 0) is 11.3 Å². The zero-order valence-corrected chi connectivity index (χ0v) is 18.9. The van der Waals surface area contributed by atoms with Crippen LogP contribution in [0.3, 0.4) is 0 Å². The number of amides is 2. The number of benzene rings is 4. The molecular weight excluding hydrogens is 436 g/mol. The Morgan fingerprint density at radius 3 is 2.27 bits per heavy atom. The predicted octanol–water partition coefficient (Wildman–Crippen LogP) is 5.75. The number of fused-ring (bicyclic) bond motifs is 1. The first kappa shape index (κ1) is 22.4. The molecule has 0 aliphatic rings. The Kier molecular flexibility index (Phi) is 6.91. The maximum Gasteiger partial charge on any atom is 0.259 e. The number of hydrogen-bond donors (Lipinski definition) is 2. The molecule has 0 heterocycles. The number of hydrogen-bond acceptors (Lipinski definition) is 3. The molecule has 0 aliphatic heterocycles. The van der Waals surface area contributed by atoms with Crippen molar-refractivity contribution in [1.82, 2.24) is 5.32 Å². The molecule has 33 heavy (non-hydrogen) atoms. The fraction of sp³-hybridized carbons (Fsp3) is 0.111. The zero-order chi connectivity index (χ0) is 23.2. The predicted molar refractivity (Wildman–Crippen MR) is 132 cm³/mol. The van der Waals surface area contributed by atoms with Gasteiger partial charge >= 0.3 is 0 Å². The molecule has 0 bridgehead atoms. The van der Waals surface area contributed by atoms with Gasteiger partial charge in [-0.3, -0.25) is 9.59 Å². The van der Waals surface area contributed by atoms with Crippen molar-refractivity contribution in [3.8, 4) is 5.75 Å². The van der Waals surface area contributed by atoms with Gasteiger partial charge in [0.25, 0.3) is 11.8 Å². The Labute approximate surface area is 197 Å². The number of carbonyl (C=O) groups is 2. The molecule has 0 unspecified atom stereocenters. The smallest absolute Gasteiger partial charge is 0.259 e. The van der Waals surface area contributed by atoms with Crippen molar-refractivity contribution in [1.29, 1.82) is 0 Å². The van der Waals surface area contributed by atoms with E-state index in [9.17, 15) is 9.59 Å². The lowest BCUT2D eigenvalue weighted by Crippen LogP contribution is -2.28. The van der Waals surface area contributed by atoms with Crippen LogP contribution in [0, 0.1) is 6.92 Å². The highest BCUT2D eigenvalue weighted by atomic mass is 35.5. The Morgan fingerprint density at radius 2 is 1.55 bits per heavy atom. The third kappa shape index (κ3) is 5.70. The monoisotopic (exact) mass is 458 g/mol. The van der Waals surface area contributed by atoms with Crippen molar-refractivity contribution in [2.75, 3.05) is 11.9 Å². The second-order valence-corrected chi connectivity index (χ2v) is 8.09. The molecule has 5 nitrogen and oxygen atoms in total. The summed E-state index contributed by atoms with van der Waals surface area (Å²) in [5.41, 5.74) is 2.97. The molecule has 4 aromatic rings. The number of para-hydroxylation sites is 1. The molecule has 166 valence electrons. The van der Waals surface area contributed by atoms with Crippen molar-refractivity contribution in [3.63, 3.8) is 0 Å². The largest absolute Gasteiger partial charge is 0.483 e. The summed E-state index contributed by atoms with van der Waals surface area (Å²) in [6.07, 6.45) is 0. The number of ether oxygens (including phenoxy) is 1. The van der Waals surface area contributed by atoms with Crippen LogP contribution < -0.4 is 15.4 Å². The minimum absolute atomic E-state index is 0.212. The molecule has 2 N–H and O–H groups in total. The average molecular weight is 459 g/mol. The highest BCUT2D eigenvalue weighted by Crippen LogP contribution is 2.27. The second kappa shape index (κ2) is 10.2. The van der Waals surface area contributed by atoms with Crippen LogP contribution in [0.5, 0.6) is 5.75 Å². The van der Waals surface area contributed by atoms with Gasteiger partial charge in [-0.05, 0) is 59.2 Å². The lowest BCUT2D eigenvalue weighted by Gasteiger charge is -2.14. The van der Waals surface area contributed by atoms with Crippen molar-refractivity contribution < 1.29 is 14.3 Å². The van der Waals surface area contributed by atoms with Gasteiger partial charge < -0.3 is 15.4 Å². The molecule has 0 fully saturated rings. The average Bonchev–Trinajstić information content (AvgIpc) is 2.83. The van der Waals surface area contributed by atoms with Gasteiger partial charge in [0.1, 0.15) is 5.75 Å². The van der Waals surface area contributed by atoms with Crippen LogP contribution in [0.1, 0.15) is 21.5 Å². The molecule has 0 saturated carbocycles. The summed E-state index contributed by atoms with van der Waals surface area (Å²) in [6, 6.07) is 26.1. The van der Waals surface area contributed by atoms with E-state index in [0.29, 0.717) is 22.9 Å². The Bertz CT molecular complexity index is 1300. The van der Waals surface area contributed by atoms with Gasteiger partial charge in [-0.15, -0.1) is 0 Å². The van der Waals surface area contributed by atoms with Crippen molar-refractivity contribution in [2.24, 2.45) is 0 Å². The minimum Gasteiger partial charge on any atom is -0.483 e. The summed E-state index contributed by atoms with van der Waals surface area (Å²) in [6.45, 7) is 2.08. The van der Waals surface area contributed by atoms with Crippen molar-refractivity contribution in [3.05, 3.63) is 107 Å². The summed E-state index contributed by atoms with van der Waals surface area (Å²) in [7, 11) is 0. The Hall–Kier alpha value is -3.83. The molecule has 0 spiro atoms. The summed E-state index contributed by atoms with van der Waals surface area (Å²) < 4.78 is 5.81. The highest BCUT2D eigenvalue weighted by molar-refractivity contribution is 6.30. The van der Waals surface area contributed by atoms with Gasteiger partial charge in [-0.1, -0.05) is 66.2 Å². The van der Waals surface area contributed by atoms with Gasteiger partial charge in [0.15, 0.2) is 6.61 Å². The molecular formula is C27H23ClN2O3. The van der Waals surface area contributed by atoms with Crippen LogP contribution in [-0.4, -0.2) is 18.4 Å². The fourth-order valence-corrected chi connectivity index (χ4v) is 3.54. The van der Waals surface area contributed by atoms with E-state index >= 15 is 0 Å². The highest BCUT2D eigenvalue weighted by Gasteiger charge is 2.16. The maximum absolute atomic E-state index is 13.1. The first-order valence-electron chi connectivity index (χ1n) is 10.5. The topological polar surface area (TPSA) is 67.4 Å². The van der Waals surface area contributed by atoms with Crippen LogP contribution in [0.15, 0.2) is 84.9 Å². The summed E-state index contributed by atoms with van der Waals surface area (Å²) in [5.74, 6) is -0.239. The third-order valence-electron chi connectivity index (χ3n) is 5.25. The zero-order valence-electron chi connectivity index (χ0n) is 18.1. The molecule has 0 aliphatic carbocycles. The van der Waals surface area contributed by atoms with Gasteiger partial charge in [0, 0.05) is 17.3 Å². The van der Waals surface area contributed by atoms with Gasteiger partial charge in [-0.2, -0.15) is 0 Å². The van der Waals surface area contributed by atoms with Crippen molar-refractivity contribution in [2.45, 2.75) is 13.5 Å². The summed E-state index contributed by atoms with van der Waals surface area (Å²) in [5, 5.41) is 8.22. The minimum atomic E-state index is -0.299. The normalized spacial score (nSPS) is 10.6. The van der Waals surface area contributed by atoms with E-state index in [-0.39, 0.29) is 18.4 Å². The molecule has 2 amide bonds. The van der Waals surface area contributed by atoms with Gasteiger partial charge in [0.2, 0.25) is 0 Å². The molecule has 0 saturated heterocycles. The SMILES string of the molecule is Cc1ccccc1NC(=O)c1cc2ccccc2cc1OCC(=O)NCc1ccc(Cl)cc1. The van der Waals surface area contributed by atoms with E-state index in [2.05, 4.69) is 10.6 Å². The number of halogens is 1. The molecule has 6 heteroatoms. The van der Waals surface area contributed by atoms with Crippen LogP contribution in [0.2, 0.25) is 5.02 Å². The molecule has 4 aromatic carbocycles. The van der Waals surface area contributed by atoms with E-state index in [4.69, 9.17) is 16.3 Å². The van der Waals surface area contributed by atoms with E-state index in [0.717, 1.165) is 27.6 Å². The fourth-order valence-electron chi connectivity index (χ4n) is 3.42. The first-order valence-corrected chi connectivity index (χ1v) is 10.9. The van der Waals surface area contributed by atoms with Crippen LogP contribution in [0.25, 0.3) is 10.8 Å². The van der Waals surface area contributed by atoms with E-state index < -0.39 is 0 Å². The quantitative estimate of drug-likeness (QED) is 0.370. The number of carbonyl (C=O) groups excluding carboxylic acids is 2. The standard InChI is InChI=1S/C27H23ClN2O3/c1-18-6-2-5-9-24(18)30-27(32)23-14-20-7-3-4-8-21(20)15-25(23)33-17-26(31)29-16-19-10-12-22(28)13-11-19/h2-15H,16-17H2,1H3,(H,29,31)(H,30,32). The molecule has 0 radical (unpaired) electrons. The number of aryl methyl sites for hydroxylation is 1. The summed E-state index contributed by atoms with van der Waals surface area (Å²) >= 11 is 5.89. The number of nitrogens with one attached hydrogen (secondary N) is 2. The van der Waals surface area contributed by atoms with Gasteiger partial charge in [-0.25, -0.2) is 0 Å². The van der Waals surface area contributed by atoms with E-state index in [1.54, 1.807) is 24.3 Å². The van der Waals surface area contributed by atoms with Gasteiger partial charge in [0.05, 0.1) is 5.56 Å². The lowest BCUT2D eigenvalue weighted by atomic mass is 10.0.